The van der Waals surface area contributed by atoms with Crippen LogP contribution in [0.1, 0.15) is 35.8 Å². The van der Waals surface area contributed by atoms with Gasteiger partial charge in [0.05, 0.1) is 11.9 Å². The topological polar surface area (TPSA) is 72.7 Å². The zero-order chi connectivity index (χ0) is 19.5. The van der Waals surface area contributed by atoms with Crippen LogP contribution in [0.3, 0.4) is 0 Å². The molecule has 0 saturated heterocycles. The van der Waals surface area contributed by atoms with Crippen LogP contribution < -0.4 is 5.32 Å². The number of nitrogens with zero attached hydrogens (tertiary/aromatic N) is 4. The number of hydrogen-bond donors (Lipinski definition) is 1. The lowest BCUT2D eigenvalue weighted by Crippen LogP contribution is -2.12. The van der Waals surface area contributed by atoms with Gasteiger partial charge in [0, 0.05) is 23.3 Å². The van der Waals surface area contributed by atoms with E-state index in [1.54, 1.807) is 34.6 Å². The Hall–Kier alpha value is -3.32. The zero-order valence-corrected chi connectivity index (χ0v) is 16.4. The summed E-state index contributed by atoms with van der Waals surface area (Å²) >= 11 is 1.46. The van der Waals surface area contributed by atoms with Gasteiger partial charge in [0.1, 0.15) is 10.7 Å². The van der Waals surface area contributed by atoms with Crippen molar-refractivity contribution >= 4 is 22.9 Å². The summed E-state index contributed by atoms with van der Waals surface area (Å²) in [5, 5.41) is 9.56. The van der Waals surface area contributed by atoms with Crippen LogP contribution in [0.4, 0.5) is 5.69 Å². The minimum Gasteiger partial charge on any atom is -0.319 e. The summed E-state index contributed by atoms with van der Waals surface area (Å²) in [6.07, 6.45) is 5.10. The van der Waals surface area contributed by atoms with Crippen molar-refractivity contribution < 1.29 is 4.79 Å². The standard InChI is InChI=1S/C21H19N5OS/c1-14(2)15-4-6-16(7-5-15)21-25-18(13-28-21)20(27)24-17-8-9-19(22-12-17)26-11-3-10-23-26/h3-14H,1-2H3,(H,24,27). The lowest BCUT2D eigenvalue weighted by Gasteiger charge is -2.05. The fourth-order valence-corrected chi connectivity index (χ4v) is 3.52. The number of carbonyl (C=O) groups excluding carboxylic acids is 1. The summed E-state index contributed by atoms with van der Waals surface area (Å²) in [4.78, 5) is 21.3. The van der Waals surface area contributed by atoms with Gasteiger partial charge >= 0.3 is 0 Å². The van der Waals surface area contributed by atoms with Gasteiger partial charge in [0.25, 0.3) is 5.91 Å². The molecule has 1 N–H and O–H groups in total. The van der Waals surface area contributed by atoms with Crippen molar-refractivity contribution in [2.45, 2.75) is 19.8 Å². The number of rotatable bonds is 5. The Balaban J connectivity index is 1.45. The van der Waals surface area contributed by atoms with E-state index in [0.717, 1.165) is 10.6 Å². The van der Waals surface area contributed by atoms with Crippen molar-refractivity contribution in [2.75, 3.05) is 5.32 Å². The fourth-order valence-electron chi connectivity index (χ4n) is 2.72. The van der Waals surface area contributed by atoms with Crippen LogP contribution in [0.15, 0.2) is 66.4 Å². The molecule has 6 nitrogen and oxygen atoms in total. The Morgan fingerprint density at radius 2 is 1.96 bits per heavy atom. The molecule has 3 heterocycles. The van der Waals surface area contributed by atoms with E-state index in [-0.39, 0.29) is 5.91 Å². The molecule has 4 rings (SSSR count). The Kier molecular flexibility index (Phi) is 4.99. The van der Waals surface area contributed by atoms with E-state index in [2.05, 4.69) is 46.4 Å². The molecular formula is C21H19N5OS. The maximum Gasteiger partial charge on any atom is 0.275 e. The van der Waals surface area contributed by atoms with Crippen molar-refractivity contribution in [1.82, 2.24) is 19.7 Å². The van der Waals surface area contributed by atoms with Gasteiger partial charge in [-0.1, -0.05) is 38.1 Å². The molecule has 3 aromatic heterocycles. The predicted molar refractivity (Wildman–Crippen MR) is 111 cm³/mol. The van der Waals surface area contributed by atoms with Gasteiger partial charge in [-0.15, -0.1) is 11.3 Å². The van der Waals surface area contributed by atoms with Gasteiger partial charge < -0.3 is 5.32 Å². The molecule has 0 aliphatic heterocycles. The van der Waals surface area contributed by atoms with E-state index in [4.69, 9.17) is 0 Å². The third-order valence-corrected chi connectivity index (χ3v) is 5.20. The van der Waals surface area contributed by atoms with Gasteiger partial charge in [0.15, 0.2) is 5.82 Å². The van der Waals surface area contributed by atoms with Gasteiger partial charge in [-0.2, -0.15) is 5.10 Å². The van der Waals surface area contributed by atoms with E-state index < -0.39 is 0 Å². The van der Waals surface area contributed by atoms with Gasteiger partial charge in [-0.05, 0) is 29.7 Å². The number of thiazole rings is 1. The third-order valence-electron chi connectivity index (χ3n) is 4.31. The van der Waals surface area contributed by atoms with E-state index in [0.29, 0.717) is 23.1 Å². The number of anilines is 1. The molecule has 4 aromatic rings. The highest BCUT2D eigenvalue weighted by Crippen LogP contribution is 2.26. The SMILES string of the molecule is CC(C)c1ccc(-c2nc(C(=O)Nc3ccc(-n4cccn4)nc3)cs2)cc1. The maximum absolute atomic E-state index is 12.5. The third kappa shape index (κ3) is 3.84. The van der Waals surface area contributed by atoms with Gasteiger partial charge in [-0.25, -0.2) is 14.6 Å². The van der Waals surface area contributed by atoms with Crippen molar-refractivity contribution in [3.63, 3.8) is 0 Å². The molecule has 0 bridgehead atoms. The lowest BCUT2D eigenvalue weighted by molar-refractivity contribution is 0.102. The maximum atomic E-state index is 12.5. The Bertz CT molecular complexity index is 1070. The van der Waals surface area contributed by atoms with Crippen LogP contribution in [0, 0.1) is 0 Å². The minimum absolute atomic E-state index is 0.255. The van der Waals surface area contributed by atoms with Crippen molar-refractivity contribution in [1.29, 1.82) is 0 Å². The quantitative estimate of drug-likeness (QED) is 0.534. The average Bonchev–Trinajstić information content (AvgIpc) is 3.41. The Morgan fingerprint density at radius 1 is 1.14 bits per heavy atom. The molecule has 0 radical (unpaired) electrons. The smallest absolute Gasteiger partial charge is 0.275 e. The summed E-state index contributed by atoms with van der Waals surface area (Å²) in [6, 6.07) is 13.7. The van der Waals surface area contributed by atoms with Crippen LogP contribution >= 0.6 is 11.3 Å². The normalized spacial score (nSPS) is 11.0. The molecule has 28 heavy (non-hydrogen) atoms. The van der Waals surface area contributed by atoms with E-state index in [1.165, 1.54) is 16.9 Å². The molecule has 0 atom stereocenters. The van der Waals surface area contributed by atoms with Crippen molar-refractivity contribution in [3.8, 4) is 16.4 Å². The van der Waals surface area contributed by atoms with Gasteiger partial charge in [-0.3, -0.25) is 4.79 Å². The second-order valence-electron chi connectivity index (χ2n) is 6.62. The first-order valence-electron chi connectivity index (χ1n) is 8.93. The molecule has 0 aliphatic rings. The number of amides is 1. The van der Waals surface area contributed by atoms with Crippen molar-refractivity contribution in [3.05, 3.63) is 77.7 Å². The highest BCUT2D eigenvalue weighted by Gasteiger charge is 2.13. The molecule has 0 aliphatic carbocycles. The first-order valence-corrected chi connectivity index (χ1v) is 9.81. The average molecular weight is 389 g/mol. The van der Waals surface area contributed by atoms with Crippen LogP contribution in [0.2, 0.25) is 0 Å². The summed E-state index contributed by atoms with van der Waals surface area (Å²) in [5.41, 5.74) is 3.30. The first-order chi connectivity index (χ1) is 13.6. The first kappa shape index (κ1) is 18.1. The predicted octanol–water partition coefficient (Wildman–Crippen LogP) is 4.77. The number of carbonyl (C=O) groups is 1. The molecule has 1 amide bonds. The Morgan fingerprint density at radius 3 is 2.61 bits per heavy atom. The fraction of sp³-hybridized carbons (Fsp3) is 0.143. The summed E-state index contributed by atoms with van der Waals surface area (Å²) in [5.74, 6) is 0.915. The van der Waals surface area contributed by atoms with Crippen LogP contribution in [0.5, 0.6) is 0 Å². The van der Waals surface area contributed by atoms with Crippen LogP contribution in [-0.4, -0.2) is 25.7 Å². The van der Waals surface area contributed by atoms with Crippen molar-refractivity contribution in [2.24, 2.45) is 0 Å². The summed E-state index contributed by atoms with van der Waals surface area (Å²) in [7, 11) is 0. The minimum atomic E-state index is -0.255. The molecular weight excluding hydrogens is 370 g/mol. The van der Waals surface area contributed by atoms with Crippen LogP contribution in [-0.2, 0) is 0 Å². The van der Waals surface area contributed by atoms with E-state index in [9.17, 15) is 4.79 Å². The van der Waals surface area contributed by atoms with Gasteiger partial charge in [0.2, 0.25) is 0 Å². The van der Waals surface area contributed by atoms with Crippen LogP contribution in [0.25, 0.3) is 16.4 Å². The number of nitrogens with one attached hydrogen (secondary N) is 1. The summed E-state index contributed by atoms with van der Waals surface area (Å²) < 4.78 is 1.66. The molecule has 0 saturated carbocycles. The molecule has 0 unspecified atom stereocenters. The molecule has 1 aromatic carbocycles. The molecule has 7 heteroatoms. The monoisotopic (exact) mass is 389 g/mol. The largest absolute Gasteiger partial charge is 0.319 e. The van der Waals surface area contributed by atoms with E-state index >= 15 is 0 Å². The highest BCUT2D eigenvalue weighted by molar-refractivity contribution is 7.13. The molecule has 0 spiro atoms. The Labute approximate surface area is 166 Å². The second-order valence-corrected chi connectivity index (χ2v) is 7.48. The lowest BCUT2D eigenvalue weighted by atomic mass is 10.0. The number of benzene rings is 1. The second kappa shape index (κ2) is 7.74. The highest BCUT2D eigenvalue weighted by atomic mass is 32.1. The zero-order valence-electron chi connectivity index (χ0n) is 15.5. The number of aromatic nitrogens is 4. The molecule has 140 valence electrons. The van der Waals surface area contributed by atoms with E-state index in [1.807, 2.05) is 24.4 Å². The summed E-state index contributed by atoms with van der Waals surface area (Å²) in [6.45, 7) is 4.33. The number of pyridine rings is 1. The number of hydrogen-bond acceptors (Lipinski definition) is 5. The molecule has 0 fully saturated rings.